The van der Waals surface area contributed by atoms with Gasteiger partial charge in [-0.3, -0.25) is 14.2 Å². The molecule has 5 nitrogen and oxygen atoms in total. The number of nitrogens with zero attached hydrogens (tertiary/aromatic N) is 3. The third kappa shape index (κ3) is 3.73. The number of fused-ring (bicyclic) bond motifs is 1. The molecule has 3 aromatic rings. The van der Waals surface area contributed by atoms with E-state index in [9.17, 15) is 9.59 Å². The fraction of sp³-hybridized carbons (Fsp3) is 0.435. The normalized spacial score (nSPS) is 16.7. The predicted octanol–water partition coefficient (Wildman–Crippen LogP) is 4.45. The smallest absolute Gasteiger partial charge is 0.262 e. The Hall–Kier alpha value is -2.47. The van der Waals surface area contributed by atoms with Crippen LogP contribution in [0.25, 0.3) is 10.2 Å². The summed E-state index contributed by atoms with van der Waals surface area (Å²) >= 11 is 1.55. The number of hydrogen-bond acceptors (Lipinski definition) is 4. The molecule has 3 heterocycles. The first-order valence-corrected chi connectivity index (χ1v) is 11.0. The lowest BCUT2D eigenvalue weighted by atomic mass is 9.99. The Morgan fingerprint density at radius 2 is 1.90 bits per heavy atom. The monoisotopic (exact) mass is 409 g/mol. The number of carbonyl (C=O) groups is 1. The minimum Gasteiger partial charge on any atom is -0.336 e. The van der Waals surface area contributed by atoms with Crippen molar-refractivity contribution in [1.82, 2.24) is 14.5 Å². The molecule has 0 saturated carbocycles. The second-order valence-corrected chi connectivity index (χ2v) is 9.33. The Morgan fingerprint density at radius 1 is 1.17 bits per heavy atom. The maximum atomic E-state index is 13.0. The van der Waals surface area contributed by atoms with Gasteiger partial charge < -0.3 is 4.90 Å². The molecular formula is C23H27N3O2S. The Balaban J connectivity index is 1.52. The van der Waals surface area contributed by atoms with Gasteiger partial charge in [0.05, 0.1) is 17.8 Å². The molecule has 1 fully saturated rings. The molecule has 0 spiro atoms. The third-order valence-corrected chi connectivity index (χ3v) is 7.04. The molecule has 2 aromatic heterocycles. The van der Waals surface area contributed by atoms with Gasteiger partial charge in [0, 0.05) is 24.4 Å². The van der Waals surface area contributed by atoms with Gasteiger partial charge in [0.2, 0.25) is 5.91 Å². The number of carbonyl (C=O) groups excluding carboxylic acids is 1. The zero-order chi connectivity index (χ0) is 20.7. The molecule has 0 bridgehead atoms. The van der Waals surface area contributed by atoms with E-state index in [1.54, 1.807) is 22.2 Å². The van der Waals surface area contributed by atoms with Gasteiger partial charge in [-0.15, -0.1) is 11.3 Å². The van der Waals surface area contributed by atoms with Crippen LogP contribution in [0.15, 0.2) is 29.3 Å². The van der Waals surface area contributed by atoms with Gasteiger partial charge in [0.25, 0.3) is 5.56 Å². The van der Waals surface area contributed by atoms with Gasteiger partial charge in [-0.2, -0.15) is 0 Å². The van der Waals surface area contributed by atoms with E-state index in [2.05, 4.69) is 37.0 Å². The van der Waals surface area contributed by atoms with Crippen molar-refractivity contribution in [2.24, 2.45) is 0 Å². The Kier molecular flexibility index (Phi) is 5.30. The average molecular weight is 410 g/mol. The molecule has 1 saturated heterocycles. The summed E-state index contributed by atoms with van der Waals surface area (Å²) in [6, 6.07) is 6.68. The highest BCUT2D eigenvalue weighted by Crippen LogP contribution is 2.33. The summed E-state index contributed by atoms with van der Waals surface area (Å²) in [5.74, 6) is 0.108. The van der Waals surface area contributed by atoms with Crippen LogP contribution >= 0.6 is 11.3 Å². The molecular weight excluding hydrogens is 382 g/mol. The quantitative estimate of drug-likeness (QED) is 0.640. The Labute approximate surface area is 175 Å². The number of likely N-dealkylation sites (tertiary alicyclic amines) is 1. The van der Waals surface area contributed by atoms with Crippen LogP contribution in [0.3, 0.4) is 0 Å². The number of aryl methyl sites for hydroxylation is 5. The van der Waals surface area contributed by atoms with E-state index in [1.165, 1.54) is 16.7 Å². The molecule has 29 heavy (non-hydrogen) atoms. The second-order valence-electron chi connectivity index (χ2n) is 8.12. The van der Waals surface area contributed by atoms with Crippen molar-refractivity contribution in [2.45, 2.75) is 59.5 Å². The molecule has 6 heteroatoms. The van der Waals surface area contributed by atoms with Crippen LogP contribution in [0.4, 0.5) is 0 Å². The van der Waals surface area contributed by atoms with Crippen molar-refractivity contribution in [1.29, 1.82) is 0 Å². The Bertz CT molecular complexity index is 1120. The van der Waals surface area contributed by atoms with E-state index in [0.29, 0.717) is 18.4 Å². The highest BCUT2D eigenvalue weighted by molar-refractivity contribution is 7.18. The van der Waals surface area contributed by atoms with Crippen LogP contribution in [-0.4, -0.2) is 26.9 Å². The van der Waals surface area contributed by atoms with Crippen molar-refractivity contribution in [3.63, 3.8) is 0 Å². The standard InChI is InChI=1S/C23H27N3O2S/c1-14-10-15(2)12-18(11-14)19-6-5-8-26(19)20(27)7-9-25-13-24-22-21(23(25)28)16(3)17(4)29-22/h10-13,19H,5-9H2,1-4H3. The molecule has 4 rings (SSSR count). The lowest BCUT2D eigenvalue weighted by Crippen LogP contribution is -2.32. The first-order valence-electron chi connectivity index (χ1n) is 10.2. The van der Waals surface area contributed by atoms with Gasteiger partial charge in [0.15, 0.2) is 0 Å². The minimum atomic E-state index is -0.0445. The molecule has 1 atom stereocenters. The van der Waals surface area contributed by atoms with Gasteiger partial charge in [-0.05, 0) is 51.7 Å². The summed E-state index contributed by atoms with van der Waals surface area (Å²) in [6.45, 7) is 9.32. The summed E-state index contributed by atoms with van der Waals surface area (Å²) in [7, 11) is 0. The predicted molar refractivity (Wildman–Crippen MR) is 118 cm³/mol. The summed E-state index contributed by atoms with van der Waals surface area (Å²) in [5, 5.41) is 0.691. The number of aromatic nitrogens is 2. The largest absolute Gasteiger partial charge is 0.336 e. The van der Waals surface area contributed by atoms with Crippen LogP contribution < -0.4 is 5.56 Å². The lowest BCUT2D eigenvalue weighted by Gasteiger charge is -2.26. The van der Waals surface area contributed by atoms with Crippen molar-refractivity contribution in [2.75, 3.05) is 6.54 Å². The lowest BCUT2D eigenvalue weighted by molar-refractivity contribution is -0.132. The molecule has 0 aliphatic carbocycles. The fourth-order valence-electron chi connectivity index (χ4n) is 4.40. The summed E-state index contributed by atoms with van der Waals surface area (Å²) in [5.41, 5.74) is 4.63. The molecule has 152 valence electrons. The number of benzene rings is 1. The van der Waals surface area contributed by atoms with Crippen molar-refractivity contribution in [3.05, 3.63) is 62.0 Å². The SMILES string of the molecule is Cc1cc(C)cc(C2CCCN2C(=O)CCn2cnc3sc(C)c(C)c3c2=O)c1. The van der Waals surface area contributed by atoms with E-state index >= 15 is 0 Å². The second kappa shape index (κ2) is 7.75. The van der Waals surface area contributed by atoms with Gasteiger partial charge in [-0.25, -0.2) is 4.98 Å². The molecule has 1 aromatic carbocycles. The minimum absolute atomic E-state index is 0.0445. The fourth-order valence-corrected chi connectivity index (χ4v) is 5.39. The molecule has 1 aliphatic rings. The molecule has 1 amide bonds. The zero-order valence-corrected chi connectivity index (χ0v) is 18.3. The third-order valence-electron chi connectivity index (χ3n) is 5.92. The van der Waals surface area contributed by atoms with E-state index in [0.717, 1.165) is 34.7 Å². The zero-order valence-electron chi connectivity index (χ0n) is 17.5. The summed E-state index contributed by atoms with van der Waals surface area (Å²) < 4.78 is 1.58. The summed E-state index contributed by atoms with van der Waals surface area (Å²) in [4.78, 5) is 34.2. The van der Waals surface area contributed by atoms with Gasteiger partial charge in [0.1, 0.15) is 4.83 Å². The number of hydrogen-bond donors (Lipinski definition) is 0. The molecule has 1 aliphatic heterocycles. The number of thiophene rings is 1. The molecule has 0 N–H and O–H groups in total. The van der Waals surface area contributed by atoms with E-state index in [4.69, 9.17) is 0 Å². The van der Waals surface area contributed by atoms with E-state index in [1.807, 2.05) is 18.7 Å². The van der Waals surface area contributed by atoms with E-state index < -0.39 is 0 Å². The van der Waals surface area contributed by atoms with Crippen LogP contribution in [0.1, 0.15) is 52.4 Å². The average Bonchev–Trinajstić information content (AvgIpc) is 3.26. The van der Waals surface area contributed by atoms with Crippen molar-refractivity contribution < 1.29 is 4.79 Å². The van der Waals surface area contributed by atoms with Crippen LogP contribution in [0.2, 0.25) is 0 Å². The van der Waals surface area contributed by atoms with Gasteiger partial charge in [-0.1, -0.05) is 29.3 Å². The summed E-state index contributed by atoms with van der Waals surface area (Å²) in [6.07, 6.45) is 3.91. The van der Waals surface area contributed by atoms with Gasteiger partial charge >= 0.3 is 0 Å². The number of rotatable bonds is 4. The maximum Gasteiger partial charge on any atom is 0.262 e. The van der Waals surface area contributed by atoms with Crippen LogP contribution in [0.5, 0.6) is 0 Å². The first kappa shape index (κ1) is 19.8. The van der Waals surface area contributed by atoms with Crippen molar-refractivity contribution >= 4 is 27.5 Å². The highest BCUT2D eigenvalue weighted by atomic mass is 32.1. The van der Waals surface area contributed by atoms with Crippen LogP contribution in [-0.2, 0) is 11.3 Å². The van der Waals surface area contributed by atoms with E-state index in [-0.39, 0.29) is 17.5 Å². The Morgan fingerprint density at radius 3 is 2.62 bits per heavy atom. The maximum absolute atomic E-state index is 13.0. The first-order chi connectivity index (χ1) is 13.8. The highest BCUT2D eigenvalue weighted by Gasteiger charge is 2.30. The van der Waals surface area contributed by atoms with Crippen molar-refractivity contribution in [3.8, 4) is 0 Å². The topological polar surface area (TPSA) is 55.2 Å². The molecule has 0 radical (unpaired) electrons. The number of amides is 1. The van der Waals surface area contributed by atoms with Crippen LogP contribution in [0, 0.1) is 27.7 Å². The molecule has 1 unspecified atom stereocenters.